The van der Waals surface area contributed by atoms with E-state index in [0.717, 1.165) is 35.3 Å². The maximum Gasteiger partial charge on any atom is 0.257 e. The van der Waals surface area contributed by atoms with E-state index in [1.54, 1.807) is 15.4 Å². The van der Waals surface area contributed by atoms with Crippen molar-refractivity contribution < 1.29 is 13.2 Å². The van der Waals surface area contributed by atoms with Crippen LogP contribution in [-0.2, 0) is 16.9 Å². The van der Waals surface area contributed by atoms with E-state index in [1.165, 1.54) is 0 Å². The van der Waals surface area contributed by atoms with Crippen LogP contribution < -0.4 is 5.32 Å². The van der Waals surface area contributed by atoms with Gasteiger partial charge in [-0.2, -0.15) is 10.2 Å². The lowest BCUT2D eigenvalue weighted by Gasteiger charge is -2.14. The summed E-state index contributed by atoms with van der Waals surface area (Å²) in [5, 5.41) is 12.6. The Bertz CT molecular complexity index is 1290. The summed E-state index contributed by atoms with van der Waals surface area (Å²) in [7, 11) is -1.23. The maximum absolute atomic E-state index is 13.4. The monoisotopic (exact) mass is 428 g/mol. The highest BCUT2D eigenvalue weighted by Gasteiger charge is 2.32. The summed E-state index contributed by atoms with van der Waals surface area (Å²) in [6, 6.07) is 3.38. The number of fused-ring (bicyclic) bond motifs is 1. The third kappa shape index (κ3) is 3.28. The van der Waals surface area contributed by atoms with Crippen molar-refractivity contribution in [2.75, 3.05) is 16.8 Å². The largest absolute Gasteiger partial charge is 0.307 e. The lowest BCUT2D eigenvalue weighted by atomic mass is 10.1. The molecule has 1 N–H and O–H groups in total. The zero-order valence-electron chi connectivity index (χ0n) is 17.2. The lowest BCUT2D eigenvalue weighted by molar-refractivity contribution is 0.102. The molecule has 1 atom stereocenters. The van der Waals surface area contributed by atoms with Gasteiger partial charge in [0.05, 0.1) is 39.9 Å². The number of carbonyl (C=O) groups excluding carboxylic acids is 1. The van der Waals surface area contributed by atoms with Crippen LogP contribution in [0.1, 0.15) is 58.7 Å². The van der Waals surface area contributed by atoms with E-state index in [9.17, 15) is 13.2 Å². The van der Waals surface area contributed by atoms with Crippen molar-refractivity contribution in [3.8, 4) is 0 Å². The van der Waals surface area contributed by atoms with Gasteiger partial charge in [0.2, 0.25) is 0 Å². The van der Waals surface area contributed by atoms with Crippen LogP contribution in [0.25, 0.3) is 11.0 Å². The molecule has 2 aliphatic rings. The van der Waals surface area contributed by atoms with Crippen molar-refractivity contribution in [3.63, 3.8) is 0 Å². The molecule has 1 saturated heterocycles. The predicted octanol–water partition coefficient (Wildman–Crippen LogP) is 2.27. The molecule has 0 radical (unpaired) electrons. The average molecular weight is 429 g/mol. The van der Waals surface area contributed by atoms with Crippen molar-refractivity contribution in [3.05, 3.63) is 34.8 Å². The van der Waals surface area contributed by atoms with Crippen LogP contribution in [-0.4, -0.2) is 50.4 Å². The van der Waals surface area contributed by atoms with Gasteiger partial charge in [-0.15, -0.1) is 0 Å². The Hall–Kier alpha value is -2.75. The number of aromatic nitrogens is 5. The van der Waals surface area contributed by atoms with Crippen molar-refractivity contribution in [1.82, 2.24) is 24.5 Å². The van der Waals surface area contributed by atoms with Crippen LogP contribution in [0.3, 0.4) is 0 Å². The fourth-order valence-electron chi connectivity index (χ4n) is 4.27. The Morgan fingerprint density at radius 1 is 1.17 bits per heavy atom. The van der Waals surface area contributed by atoms with Crippen molar-refractivity contribution >= 4 is 32.6 Å². The van der Waals surface area contributed by atoms with Gasteiger partial charge in [0.25, 0.3) is 5.91 Å². The molecular weight excluding hydrogens is 404 g/mol. The van der Waals surface area contributed by atoms with Gasteiger partial charge in [-0.3, -0.25) is 9.48 Å². The third-order valence-corrected chi connectivity index (χ3v) is 7.63. The van der Waals surface area contributed by atoms with Gasteiger partial charge in [-0.25, -0.2) is 18.1 Å². The quantitative estimate of drug-likeness (QED) is 0.682. The molecule has 1 amide bonds. The van der Waals surface area contributed by atoms with Crippen molar-refractivity contribution in [1.29, 1.82) is 0 Å². The summed E-state index contributed by atoms with van der Waals surface area (Å²) in [6.07, 6.45) is 2.66. The first-order chi connectivity index (χ1) is 14.2. The number of hydrogen-bond acceptors (Lipinski definition) is 6. The van der Waals surface area contributed by atoms with Gasteiger partial charge in [0, 0.05) is 24.7 Å². The molecule has 0 bridgehead atoms. The second kappa shape index (κ2) is 6.63. The second-order valence-corrected chi connectivity index (χ2v) is 10.6. The molecule has 1 unspecified atom stereocenters. The average Bonchev–Trinajstić information content (AvgIpc) is 3.30. The normalized spacial score (nSPS) is 20.7. The van der Waals surface area contributed by atoms with E-state index in [4.69, 9.17) is 4.98 Å². The summed E-state index contributed by atoms with van der Waals surface area (Å²) in [5.74, 6) is 0.840. The minimum absolute atomic E-state index is 0.0457. The molecule has 1 aliphatic carbocycles. The minimum Gasteiger partial charge on any atom is -0.307 e. The maximum atomic E-state index is 13.4. The highest BCUT2D eigenvalue weighted by Crippen LogP contribution is 2.40. The molecule has 158 valence electrons. The van der Waals surface area contributed by atoms with Crippen molar-refractivity contribution in [2.45, 2.75) is 45.1 Å². The van der Waals surface area contributed by atoms with E-state index in [0.29, 0.717) is 29.4 Å². The molecule has 0 aromatic carbocycles. The Morgan fingerprint density at radius 2 is 1.93 bits per heavy atom. The number of nitrogens with zero attached hydrogens (tertiary/aromatic N) is 5. The fourth-order valence-corrected chi connectivity index (χ4v) is 5.96. The first kappa shape index (κ1) is 19.2. The van der Waals surface area contributed by atoms with E-state index >= 15 is 0 Å². The van der Waals surface area contributed by atoms with E-state index in [1.807, 2.05) is 27.0 Å². The van der Waals surface area contributed by atoms with Crippen LogP contribution in [0, 0.1) is 13.8 Å². The zero-order valence-corrected chi connectivity index (χ0v) is 18.0. The summed E-state index contributed by atoms with van der Waals surface area (Å²) < 4.78 is 27.2. The molecule has 2 fully saturated rings. The smallest absolute Gasteiger partial charge is 0.257 e. The van der Waals surface area contributed by atoms with Crippen LogP contribution in [0.5, 0.6) is 0 Å². The first-order valence-electron chi connectivity index (χ1n) is 10.1. The standard InChI is InChI=1S/C20H24N6O3S/c1-11-8-17(26(23-11)14-6-7-30(28,29)10-14)22-20(27)15-9-16(13-4-5-13)21-19-18(15)12(2)24-25(19)3/h8-9,13-14H,4-7,10H2,1-3H3,(H,22,27). The molecular formula is C20H24N6O3S. The molecule has 1 aliphatic heterocycles. The van der Waals surface area contributed by atoms with E-state index < -0.39 is 9.84 Å². The summed E-state index contributed by atoms with van der Waals surface area (Å²) in [6.45, 7) is 3.70. The van der Waals surface area contributed by atoms with Gasteiger partial charge >= 0.3 is 0 Å². The number of amides is 1. The molecule has 5 rings (SSSR count). The van der Waals surface area contributed by atoms with Crippen LogP contribution in [0.4, 0.5) is 5.82 Å². The molecule has 10 heteroatoms. The topological polar surface area (TPSA) is 112 Å². The van der Waals surface area contributed by atoms with Gasteiger partial charge < -0.3 is 5.32 Å². The molecule has 4 heterocycles. The Morgan fingerprint density at radius 3 is 2.60 bits per heavy atom. The van der Waals surface area contributed by atoms with Gasteiger partial charge in [-0.1, -0.05) is 0 Å². The summed E-state index contributed by atoms with van der Waals surface area (Å²) in [5.41, 5.74) is 3.64. The third-order valence-electron chi connectivity index (χ3n) is 5.88. The van der Waals surface area contributed by atoms with Crippen LogP contribution in [0.15, 0.2) is 12.1 Å². The minimum atomic E-state index is -3.06. The Balaban J connectivity index is 1.53. The summed E-state index contributed by atoms with van der Waals surface area (Å²) in [4.78, 5) is 18.1. The molecule has 1 saturated carbocycles. The van der Waals surface area contributed by atoms with Crippen LogP contribution >= 0.6 is 0 Å². The van der Waals surface area contributed by atoms with Gasteiger partial charge in [-0.05, 0) is 39.2 Å². The first-order valence-corrected chi connectivity index (χ1v) is 12.0. The molecule has 0 spiro atoms. The highest BCUT2D eigenvalue weighted by atomic mass is 32.2. The zero-order chi connectivity index (χ0) is 21.2. The fraction of sp³-hybridized carbons (Fsp3) is 0.500. The molecule has 3 aromatic heterocycles. The predicted molar refractivity (Wildman–Crippen MR) is 112 cm³/mol. The summed E-state index contributed by atoms with van der Waals surface area (Å²) >= 11 is 0. The van der Waals surface area contributed by atoms with E-state index in [-0.39, 0.29) is 23.5 Å². The number of rotatable bonds is 4. The van der Waals surface area contributed by atoms with E-state index in [2.05, 4.69) is 15.5 Å². The highest BCUT2D eigenvalue weighted by molar-refractivity contribution is 7.91. The number of aryl methyl sites for hydroxylation is 3. The van der Waals surface area contributed by atoms with Crippen LogP contribution in [0.2, 0.25) is 0 Å². The number of pyridine rings is 1. The molecule has 3 aromatic rings. The number of hydrogen-bond donors (Lipinski definition) is 1. The van der Waals surface area contributed by atoms with Gasteiger partial charge in [0.15, 0.2) is 15.5 Å². The molecule has 9 nitrogen and oxygen atoms in total. The number of anilines is 1. The number of nitrogens with one attached hydrogen (secondary N) is 1. The van der Waals surface area contributed by atoms with Gasteiger partial charge in [0.1, 0.15) is 5.82 Å². The number of carbonyl (C=O) groups is 1. The molecule has 30 heavy (non-hydrogen) atoms. The Labute approximate surface area is 174 Å². The Kier molecular flexibility index (Phi) is 4.25. The lowest BCUT2D eigenvalue weighted by Crippen LogP contribution is -2.20. The second-order valence-electron chi connectivity index (χ2n) is 8.40. The SMILES string of the molecule is Cc1cc(NC(=O)c2cc(C3CC3)nc3c2c(C)nn3C)n(C2CCS(=O)(=O)C2)n1. The number of sulfone groups is 1. The van der Waals surface area contributed by atoms with Crippen molar-refractivity contribution in [2.24, 2.45) is 7.05 Å².